The Bertz CT molecular complexity index is 665. The van der Waals surface area contributed by atoms with Crippen molar-refractivity contribution in [2.75, 3.05) is 5.32 Å². The number of rotatable bonds is 4. The zero-order chi connectivity index (χ0) is 14.7. The molecule has 0 aliphatic heterocycles. The van der Waals surface area contributed by atoms with Crippen molar-refractivity contribution in [1.82, 2.24) is 0 Å². The highest BCUT2D eigenvalue weighted by Crippen LogP contribution is 2.22. The average molecular weight is 273 g/mol. The number of anilines is 2. The number of Topliss-reactive ketones (excluding diaryl/α,β-unsaturated/α-hetero) is 1. The summed E-state index contributed by atoms with van der Waals surface area (Å²) >= 11 is 0. The molecule has 0 bridgehead atoms. The highest BCUT2D eigenvalue weighted by Gasteiger charge is 2.11. The minimum Gasteiger partial charge on any atom is -0.478 e. The van der Waals surface area contributed by atoms with Gasteiger partial charge in [0.05, 0.1) is 11.3 Å². The van der Waals surface area contributed by atoms with Gasteiger partial charge in [0.25, 0.3) is 0 Å². The van der Waals surface area contributed by atoms with Crippen LogP contribution in [0.2, 0.25) is 0 Å². The molecule has 0 saturated carbocycles. The molecule has 20 heavy (non-hydrogen) atoms. The number of carbonyl (C=O) groups is 2. The molecule has 5 heteroatoms. The van der Waals surface area contributed by atoms with Gasteiger partial charge in [-0.15, -0.1) is 0 Å². The smallest absolute Gasteiger partial charge is 0.337 e. The van der Waals surface area contributed by atoms with Gasteiger partial charge < -0.3 is 10.4 Å². The summed E-state index contributed by atoms with van der Waals surface area (Å²) in [7, 11) is 0. The van der Waals surface area contributed by atoms with Gasteiger partial charge in [-0.05, 0) is 49.4 Å². The number of hydrogen-bond acceptors (Lipinski definition) is 3. The predicted octanol–water partition coefficient (Wildman–Crippen LogP) is 3.47. The van der Waals surface area contributed by atoms with E-state index in [2.05, 4.69) is 5.32 Å². The van der Waals surface area contributed by atoms with Crippen LogP contribution in [0.4, 0.5) is 15.8 Å². The quantitative estimate of drug-likeness (QED) is 0.837. The predicted molar refractivity (Wildman–Crippen MR) is 73.1 cm³/mol. The van der Waals surface area contributed by atoms with Crippen molar-refractivity contribution in [2.24, 2.45) is 0 Å². The van der Waals surface area contributed by atoms with Crippen LogP contribution in [0.5, 0.6) is 0 Å². The Balaban J connectivity index is 2.30. The van der Waals surface area contributed by atoms with Gasteiger partial charge in [-0.3, -0.25) is 4.79 Å². The third-order valence-corrected chi connectivity index (χ3v) is 2.78. The van der Waals surface area contributed by atoms with Gasteiger partial charge in [-0.1, -0.05) is 0 Å². The fourth-order valence-electron chi connectivity index (χ4n) is 1.75. The molecule has 0 radical (unpaired) electrons. The summed E-state index contributed by atoms with van der Waals surface area (Å²) in [6.07, 6.45) is 0. The molecule has 0 unspecified atom stereocenters. The number of aromatic carboxylic acids is 1. The lowest BCUT2D eigenvalue weighted by atomic mass is 10.1. The molecule has 4 nitrogen and oxygen atoms in total. The van der Waals surface area contributed by atoms with E-state index in [1.165, 1.54) is 19.1 Å². The maximum atomic E-state index is 13.1. The first-order valence-electron chi connectivity index (χ1n) is 5.88. The SMILES string of the molecule is CC(=O)c1ccc(Nc2ccc(F)cc2C(=O)O)cc1. The number of hydrogen-bond donors (Lipinski definition) is 2. The molecule has 102 valence electrons. The van der Waals surface area contributed by atoms with Crippen LogP contribution in [-0.2, 0) is 0 Å². The Morgan fingerprint density at radius 3 is 2.30 bits per heavy atom. The van der Waals surface area contributed by atoms with E-state index in [9.17, 15) is 14.0 Å². The van der Waals surface area contributed by atoms with E-state index in [1.54, 1.807) is 24.3 Å². The van der Waals surface area contributed by atoms with E-state index in [1.807, 2.05) is 0 Å². The second-order valence-corrected chi connectivity index (χ2v) is 4.25. The van der Waals surface area contributed by atoms with Crippen molar-refractivity contribution in [2.45, 2.75) is 6.92 Å². The second-order valence-electron chi connectivity index (χ2n) is 4.25. The molecule has 0 atom stereocenters. The van der Waals surface area contributed by atoms with Crippen LogP contribution in [-0.4, -0.2) is 16.9 Å². The Hall–Kier alpha value is -2.69. The summed E-state index contributed by atoms with van der Waals surface area (Å²) in [6.45, 7) is 1.46. The molecule has 2 rings (SSSR count). The minimum atomic E-state index is -1.22. The van der Waals surface area contributed by atoms with Crippen LogP contribution >= 0.6 is 0 Å². The molecule has 0 fully saturated rings. The molecular weight excluding hydrogens is 261 g/mol. The Labute approximate surface area is 114 Å². The van der Waals surface area contributed by atoms with Crippen LogP contribution in [0.15, 0.2) is 42.5 Å². The van der Waals surface area contributed by atoms with E-state index >= 15 is 0 Å². The third kappa shape index (κ3) is 3.00. The van der Waals surface area contributed by atoms with E-state index in [4.69, 9.17) is 5.11 Å². The Morgan fingerprint density at radius 1 is 1.10 bits per heavy atom. The van der Waals surface area contributed by atoms with E-state index in [0.717, 1.165) is 6.07 Å². The normalized spacial score (nSPS) is 10.1. The number of nitrogens with one attached hydrogen (secondary N) is 1. The van der Waals surface area contributed by atoms with Gasteiger partial charge >= 0.3 is 5.97 Å². The van der Waals surface area contributed by atoms with Gasteiger partial charge in [0.1, 0.15) is 5.82 Å². The highest BCUT2D eigenvalue weighted by molar-refractivity contribution is 5.96. The number of carbonyl (C=O) groups excluding carboxylic acids is 1. The summed E-state index contributed by atoms with van der Waals surface area (Å²) in [4.78, 5) is 22.2. The molecule has 2 aromatic carbocycles. The summed E-state index contributed by atoms with van der Waals surface area (Å²) in [5, 5.41) is 11.9. The second kappa shape index (κ2) is 5.52. The summed E-state index contributed by atoms with van der Waals surface area (Å²) < 4.78 is 13.1. The minimum absolute atomic E-state index is 0.0513. The molecule has 0 aliphatic carbocycles. The average Bonchev–Trinajstić information content (AvgIpc) is 2.41. The third-order valence-electron chi connectivity index (χ3n) is 2.78. The van der Waals surface area contributed by atoms with E-state index in [0.29, 0.717) is 11.3 Å². The van der Waals surface area contributed by atoms with Crippen LogP contribution in [0, 0.1) is 5.82 Å². The molecule has 0 saturated heterocycles. The fraction of sp³-hybridized carbons (Fsp3) is 0.0667. The molecule has 0 aliphatic rings. The standard InChI is InChI=1S/C15H12FNO3/c1-9(18)10-2-5-12(6-3-10)17-14-7-4-11(16)8-13(14)15(19)20/h2-8,17H,1H3,(H,19,20). The van der Waals surface area contributed by atoms with Gasteiger partial charge in [0.2, 0.25) is 0 Å². The molecule has 0 heterocycles. The van der Waals surface area contributed by atoms with Crippen LogP contribution in [0.25, 0.3) is 0 Å². The van der Waals surface area contributed by atoms with Crippen LogP contribution in [0.3, 0.4) is 0 Å². The number of halogens is 1. The van der Waals surface area contributed by atoms with Crippen molar-refractivity contribution in [1.29, 1.82) is 0 Å². The van der Waals surface area contributed by atoms with Gasteiger partial charge in [-0.25, -0.2) is 9.18 Å². The monoisotopic (exact) mass is 273 g/mol. The molecule has 2 aromatic rings. The maximum absolute atomic E-state index is 13.1. The topological polar surface area (TPSA) is 66.4 Å². The summed E-state index contributed by atoms with van der Waals surface area (Å²) in [6, 6.07) is 10.1. The number of carboxylic acid groups (broad SMARTS) is 1. The van der Waals surface area contributed by atoms with E-state index < -0.39 is 11.8 Å². The molecule has 2 N–H and O–H groups in total. The molecule has 0 spiro atoms. The first-order valence-corrected chi connectivity index (χ1v) is 5.88. The first kappa shape index (κ1) is 13.7. The highest BCUT2D eigenvalue weighted by atomic mass is 19.1. The van der Waals surface area contributed by atoms with Gasteiger partial charge in [0.15, 0.2) is 5.78 Å². The fourth-order valence-corrected chi connectivity index (χ4v) is 1.75. The number of ketones is 1. The summed E-state index contributed by atoms with van der Waals surface area (Å²) in [5.74, 6) is -1.88. The lowest BCUT2D eigenvalue weighted by Crippen LogP contribution is -2.03. The largest absolute Gasteiger partial charge is 0.478 e. The maximum Gasteiger partial charge on any atom is 0.337 e. The molecular formula is C15H12FNO3. The molecule has 0 aromatic heterocycles. The van der Waals surface area contributed by atoms with Crippen molar-refractivity contribution in [3.8, 4) is 0 Å². The lowest BCUT2D eigenvalue weighted by molar-refractivity contribution is 0.0697. The lowest BCUT2D eigenvalue weighted by Gasteiger charge is -2.10. The van der Waals surface area contributed by atoms with E-state index in [-0.39, 0.29) is 17.0 Å². The zero-order valence-electron chi connectivity index (χ0n) is 10.7. The van der Waals surface area contributed by atoms with Crippen LogP contribution in [0.1, 0.15) is 27.6 Å². The Kier molecular flexibility index (Phi) is 3.79. The number of carboxylic acids is 1. The van der Waals surface area contributed by atoms with Crippen molar-refractivity contribution >= 4 is 23.1 Å². The van der Waals surface area contributed by atoms with Crippen molar-refractivity contribution in [3.05, 3.63) is 59.4 Å². The van der Waals surface area contributed by atoms with Crippen molar-refractivity contribution in [3.63, 3.8) is 0 Å². The van der Waals surface area contributed by atoms with Gasteiger partial charge in [-0.2, -0.15) is 0 Å². The zero-order valence-corrected chi connectivity index (χ0v) is 10.7. The van der Waals surface area contributed by atoms with Gasteiger partial charge in [0, 0.05) is 11.3 Å². The van der Waals surface area contributed by atoms with Crippen LogP contribution < -0.4 is 5.32 Å². The Morgan fingerprint density at radius 2 is 1.75 bits per heavy atom. The van der Waals surface area contributed by atoms with Crippen molar-refractivity contribution < 1.29 is 19.1 Å². The number of benzene rings is 2. The molecule has 0 amide bonds. The summed E-state index contributed by atoms with van der Waals surface area (Å²) in [5.41, 5.74) is 1.31. The first-order chi connectivity index (χ1) is 9.47.